The van der Waals surface area contributed by atoms with E-state index >= 15 is 0 Å². The fraction of sp³-hybridized carbons (Fsp3) is 0.625. The molecule has 2 fully saturated rings. The van der Waals surface area contributed by atoms with E-state index in [0.29, 0.717) is 12.6 Å². The predicted octanol–water partition coefficient (Wildman–Crippen LogP) is 4.48. The molecule has 0 aromatic heterocycles. The van der Waals surface area contributed by atoms with Crippen molar-refractivity contribution in [3.8, 4) is 0 Å². The number of likely N-dealkylation sites (tertiary alicyclic amines) is 1. The third-order valence-electron chi connectivity index (χ3n) is 4.99. The molecule has 2 nitrogen and oxygen atoms in total. The molecule has 1 aromatic rings. The maximum Gasteiger partial charge on any atom is 0.0473 e. The smallest absolute Gasteiger partial charge is 0.0473 e. The molecule has 1 aliphatic carbocycles. The Labute approximate surface area is 138 Å². The van der Waals surface area contributed by atoms with Crippen molar-refractivity contribution in [1.82, 2.24) is 4.90 Å². The third kappa shape index (κ3) is 2.85. The van der Waals surface area contributed by atoms with E-state index < -0.39 is 0 Å². The van der Waals surface area contributed by atoms with E-state index in [1.54, 1.807) is 0 Å². The summed E-state index contributed by atoms with van der Waals surface area (Å²) in [6, 6.07) is 7.69. The number of hydrogen-bond donors (Lipinski definition) is 1. The monoisotopic (exact) mass is 400 g/mol. The highest BCUT2D eigenvalue weighted by Gasteiger charge is 2.38. The Bertz CT molecular complexity index is 478. The van der Waals surface area contributed by atoms with E-state index in [0.717, 1.165) is 20.9 Å². The summed E-state index contributed by atoms with van der Waals surface area (Å²) in [6.45, 7) is 1.91. The predicted molar refractivity (Wildman–Crippen MR) is 90.7 cm³/mol. The molecule has 2 aliphatic rings. The molecule has 1 aromatic carbocycles. The second-order valence-corrected chi connectivity index (χ2v) is 7.77. The normalized spacial score (nSPS) is 28.4. The highest BCUT2D eigenvalue weighted by Crippen LogP contribution is 2.41. The van der Waals surface area contributed by atoms with Gasteiger partial charge in [0.25, 0.3) is 0 Å². The largest absolute Gasteiger partial charge is 0.329 e. The molecule has 20 heavy (non-hydrogen) atoms. The molecule has 2 N–H and O–H groups in total. The summed E-state index contributed by atoms with van der Waals surface area (Å²) in [5.41, 5.74) is 7.48. The summed E-state index contributed by atoms with van der Waals surface area (Å²) >= 11 is 7.17. The van der Waals surface area contributed by atoms with Crippen LogP contribution in [0.4, 0.5) is 0 Å². The Hall–Kier alpha value is 0.1000. The zero-order valence-corrected chi connectivity index (χ0v) is 14.9. The molecule has 3 atom stereocenters. The first-order chi connectivity index (χ1) is 9.70. The van der Waals surface area contributed by atoms with Gasteiger partial charge in [-0.05, 0) is 87.7 Å². The lowest BCUT2D eigenvalue weighted by atomic mass is 9.89. The van der Waals surface area contributed by atoms with Crippen LogP contribution in [-0.4, -0.2) is 24.0 Å². The van der Waals surface area contributed by atoms with Crippen LogP contribution in [0.25, 0.3) is 0 Å². The van der Waals surface area contributed by atoms with Crippen LogP contribution >= 0.6 is 31.9 Å². The van der Waals surface area contributed by atoms with Crippen molar-refractivity contribution in [3.63, 3.8) is 0 Å². The minimum absolute atomic E-state index is 0.366. The fourth-order valence-electron chi connectivity index (χ4n) is 4.06. The molecule has 0 radical (unpaired) electrons. The van der Waals surface area contributed by atoms with Crippen LogP contribution in [0.5, 0.6) is 0 Å². The van der Waals surface area contributed by atoms with Crippen LogP contribution in [0.3, 0.4) is 0 Å². The first-order valence-corrected chi connectivity index (χ1v) is 9.20. The SMILES string of the molecule is NCC(c1ccc(Br)c(Br)c1)N1CCCC2CCCC21. The van der Waals surface area contributed by atoms with Gasteiger partial charge in [0.1, 0.15) is 0 Å². The van der Waals surface area contributed by atoms with E-state index in [-0.39, 0.29) is 0 Å². The van der Waals surface area contributed by atoms with E-state index in [2.05, 4.69) is 55.0 Å². The zero-order chi connectivity index (χ0) is 14.1. The fourth-order valence-corrected chi connectivity index (χ4v) is 4.71. The van der Waals surface area contributed by atoms with Crippen LogP contribution < -0.4 is 5.73 Å². The van der Waals surface area contributed by atoms with Crippen molar-refractivity contribution in [2.45, 2.75) is 44.2 Å². The molecular formula is C16H22Br2N2. The third-order valence-corrected chi connectivity index (χ3v) is 6.87. The van der Waals surface area contributed by atoms with Crippen LogP contribution in [-0.2, 0) is 0 Å². The maximum atomic E-state index is 6.14. The summed E-state index contributed by atoms with van der Waals surface area (Å²) in [7, 11) is 0. The van der Waals surface area contributed by atoms with Gasteiger partial charge >= 0.3 is 0 Å². The number of benzene rings is 1. The van der Waals surface area contributed by atoms with Gasteiger partial charge in [-0.2, -0.15) is 0 Å². The van der Waals surface area contributed by atoms with E-state index in [1.807, 2.05) is 0 Å². The minimum atomic E-state index is 0.366. The van der Waals surface area contributed by atoms with Crippen LogP contribution in [0.1, 0.15) is 43.7 Å². The highest BCUT2D eigenvalue weighted by atomic mass is 79.9. The lowest BCUT2D eigenvalue weighted by molar-refractivity contribution is 0.0701. The Morgan fingerprint density at radius 1 is 1.15 bits per heavy atom. The Morgan fingerprint density at radius 2 is 1.95 bits per heavy atom. The quantitative estimate of drug-likeness (QED) is 0.809. The molecule has 1 aliphatic heterocycles. The van der Waals surface area contributed by atoms with Gasteiger partial charge in [0, 0.05) is 27.6 Å². The van der Waals surface area contributed by atoms with Gasteiger partial charge < -0.3 is 5.73 Å². The van der Waals surface area contributed by atoms with Crippen molar-refractivity contribution in [3.05, 3.63) is 32.7 Å². The second kappa shape index (κ2) is 6.47. The van der Waals surface area contributed by atoms with Crippen molar-refractivity contribution in [2.24, 2.45) is 11.7 Å². The van der Waals surface area contributed by atoms with Gasteiger partial charge in [0.15, 0.2) is 0 Å². The van der Waals surface area contributed by atoms with Gasteiger partial charge in [-0.15, -0.1) is 0 Å². The highest BCUT2D eigenvalue weighted by molar-refractivity contribution is 9.13. The molecular weight excluding hydrogens is 380 g/mol. The van der Waals surface area contributed by atoms with Crippen molar-refractivity contribution >= 4 is 31.9 Å². The molecule has 0 amide bonds. The summed E-state index contributed by atoms with van der Waals surface area (Å²) in [6.07, 6.45) is 6.92. The number of halogens is 2. The van der Waals surface area contributed by atoms with E-state index in [9.17, 15) is 0 Å². The minimum Gasteiger partial charge on any atom is -0.329 e. The molecule has 3 unspecified atom stereocenters. The number of piperidine rings is 1. The van der Waals surface area contributed by atoms with Gasteiger partial charge in [-0.1, -0.05) is 12.5 Å². The average molecular weight is 402 g/mol. The van der Waals surface area contributed by atoms with E-state index in [1.165, 1.54) is 44.2 Å². The van der Waals surface area contributed by atoms with Crippen molar-refractivity contribution < 1.29 is 0 Å². The molecule has 110 valence electrons. The molecule has 1 saturated heterocycles. The van der Waals surface area contributed by atoms with Crippen LogP contribution in [0.2, 0.25) is 0 Å². The number of rotatable bonds is 3. The van der Waals surface area contributed by atoms with Gasteiger partial charge in [-0.3, -0.25) is 4.90 Å². The van der Waals surface area contributed by atoms with E-state index in [4.69, 9.17) is 5.73 Å². The summed E-state index contributed by atoms with van der Waals surface area (Å²) in [5, 5.41) is 0. The van der Waals surface area contributed by atoms with Crippen LogP contribution in [0.15, 0.2) is 27.1 Å². The molecule has 3 rings (SSSR count). The van der Waals surface area contributed by atoms with Crippen LogP contribution in [0, 0.1) is 5.92 Å². The summed E-state index contributed by atoms with van der Waals surface area (Å²) in [5.74, 6) is 0.914. The molecule has 0 bridgehead atoms. The summed E-state index contributed by atoms with van der Waals surface area (Å²) in [4.78, 5) is 2.69. The number of nitrogens with two attached hydrogens (primary N) is 1. The molecule has 1 heterocycles. The Balaban J connectivity index is 1.86. The van der Waals surface area contributed by atoms with Crippen molar-refractivity contribution in [1.29, 1.82) is 0 Å². The van der Waals surface area contributed by atoms with Gasteiger partial charge in [0.05, 0.1) is 0 Å². The number of fused-ring (bicyclic) bond motifs is 1. The van der Waals surface area contributed by atoms with Gasteiger partial charge in [0.2, 0.25) is 0 Å². The lowest BCUT2D eigenvalue weighted by Crippen LogP contribution is -2.46. The summed E-state index contributed by atoms with van der Waals surface area (Å²) < 4.78 is 2.22. The first-order valence-electron chi connectivity index (χ1n) is 7.61. The zero-order valence-electron chi connectivity index (χ0n) is 11.7. The van der Waals surface area contributed by atoms with Crippen molar-refractivity contribution in [2.75, 3.05) is 13.1 Å². The maximum absolute atomic E-state index is 6.14. The average Bonchev–Trinajstić information content (AvgIpc) is 2.93. The number of nitrogens with zero attached hydrogens (tertiary/aromatic N) is 1. The second-order valence-electron chi connectivity index (χ2n) is 6.06. The first kappa shape index (κ1) is 15.0. The Morgan fingerprint density at radius 3 is 2.70 bits per heavy atom. The topological polar surface area (TPSA) is 29.3 Å². The number of hydrogen-bond acceptors (Lipinski definition) is 2. The van der Waals surface area contributed by atoms with Gasteiger partial charge in [-0.25, -0.2) is 0 Å². The molecule has 4 heteroatoms. The molecule has 1 saturated carbocycles. The molecule has 0 spiro atoms. The lowest BCUT2D eigenvalue weighted by Gasteiger charge is -2.42. The Kier molecular flexibility index (Phi) is 4.86. The standard InChI is InChI=1S/C16H22Br2N2/c17-13-7-6-12(9-14(13)18)16(10-19)20-8-2-4-11-3-1-5-15(11)20/h6-7,9,11,15-16H,1-5,8,10,19H2.